The number of aryl methyl sites for hydroxylation is 2. The van der Waals surface area contributed by atoms with Gasteiger partial charge < -0.3 is 0 Å². The van der Waals surface area contributed by atoms with E-state index in [-0.39, 0.29) is 0 Å². The van der Waals surface area contributed by atoms with E-state index in [9.17, 15) is 4.57 Å². The largest absolute Gasteiger partial charge is 0.474 e. The second kappa shape index (κ2) is 29.2. The van der Waals surface area contributed by atoms with E-state index in [2.05, 4.69) is 110 Å². The molecule has 0 N–H and O–H groups in total. The second-order valence-electron chi connectivity index (χ2n) is 12.5. The monoisotopic (exact) mass is 944 g/mol. The molecule has 0 aliphatic carbocycles. The molecule has 0 aliphatic rings. The highest BCUT2D eigenvalue weighted by atomic mass is 127. The summed E-state index contributed by atoms with van der Waals surface area (Å²) in [4.78, 5) is 0. The molecule has 0 amide bonds. The lowest BCUT2D eigenvalue weighted by atomic mass is 10.0. The van der Waals surface area contributed by atoms with E-state index in [1.165, 1.54) is 134 Å². The Labute approximate surface area is 317 Å². The van der Waals surface area contributed by atoms with Crippen molar-refractivity contribution in [3.05, 3.63) is 66.8 Å². The number of halogens is 3. The van der Waals surface area contributed by atoms with Crippen LogP contribution in [0.2, 0.25) is 0 Å². The molecule has 0 saturated heterocycles. The molecule has 46 heavy (non-hydrogen) atoms. The average molecular weight is 946 g/mol. The Balaban J connectivity index is 1.36. The molecule has 262 valence electrons. The fraction of sp³-hybridized carbons (Fsp3) is 0.684. The molecule has 0 unspecified atom stereocenters. The standard InChI is InChI=1S/C38H60BrI2O4P/c39-29-32-45-46(42,43-30-19-15-11-7-3-1-5-9-13-17-23-35-25-21-27-37(40)33-35)44-31-20-16-12-8-4-2-6-10-14-18-24-36-26-22-28-38(41)34-36/h21-22,25-28,33-34H,1-20,23-24,29-32H2. The molecule has 0 heterocycles. The molecule has 2 aromatic carbocycles. The summed E-state index contributed by atoms with van der Waals surface area (Å²) >= 11 is 8.14. The van der Waals surface area contributed by atoms with Gasteiger partial charge in [0.15, 0.2) is 0 Å². The van der Waals surface area contributed by atoms with Crippen molar-refractivity contribution in [1.29, 1.82) is 0 Å². The van der Waals surface area contributed by atoms with Crippen molar-refractivity contribution in [3.8, 4) is 0 Å². The molecular weight excluding hydrogens is 885 g/mol. The minimum absolute atomic E-state index is 0.328. The molecule has 0 saturated carbocycles. The van der Waals surface area contributed by atoms with Gasteiger partial charge in [0.25, 0.3) is 0 Å². The number of rotatable bonds is 31. The Morgan fingerprint density at radius 2 is 0.804 bits per heavy atom. The Kier molecular flexibility index (Phi) is 27.1. The third kappa shape index (κ3) is 23.8. The SMILES string of the molecule is O=P(OCCBr)(OCCCCCCCCCCCCc1cccc(I)c1)OCCCCCCCCCCCCc1cccc(I)c1. The summed E-state index contributed by atoms with van der Waals surface area (Å²) < 4.78 is 32.6. The smallest absolute Gasteiger partial charge is 0.287 e. The van der Waals surface area contributed by atoms with Crippen molar-refractivity contribution in [2.75, 3.05) is 25.2 Å². The van der Waals surface area contributed by atoms with E-state index in [1.54, 1.807) is 0 Å². The lowest BCUT2D eigenvalue weighted by molar-refractivity contribution is 0.115. The van der Waals surface area contributed by atoms with Gasteiger partial charge >= 0.3 is 7.82 Å². The number of unbranched alkanes of at least 4 members (excludes halogenated alkanes) is 18. The number of phosphoric ester groups is 1. The van der Waals surface area contributed by atoms with Gasteiger partial charge in [-0.2, -0.15) is 0 Å². The number of phosphoric acid groups is 1. The van der Waals surface area contributed by atoms with Gasteiger partial charge in [0.1, 0.15) is 0 Å². The molecule has 0 aliphatic heterocycles. The highest BCUT2D eigenvalue weighted by Gasteiger charge is 2.26. The summed E-state index contributed by atoms with van der Waals surface area (Å²) in [6.45, 7) is 1.20. The number of hydrogen-bond donors (Lipinski definition) is 0. The van der Waals surface area contributed by atoms with Gasteiger partial charge in [0, 0.05) is 12.5 Å². The average Bonchev–Trinajstić information content (AvgIpc) is 3.04. The van der Waals surface area contributed by atoms with E-state index >= 15 is 0 Å². The Hall–Kier alpha value is 0.490. The summed E-state index contributed by atoms with van der Waals surface area (Å²) in [6, 6.07) is 17.7. The van der Waals surface area contributed by atoms with E-state index in [0.717, 1.165) is 25.7 Å². The van der Waals surface area contributed by atoms with Crippen molar-refractivity contribution >= 4 is 68.9 Å². The first-order valence-electron chi connectivity index (χ1n) is 18.1. The van der Waals surface area contributed by atoms with Crippen LogP contribution in [-0.2, 0) is 31.0 Å². The number of benzene rings is 2. The van der Waals surface area contributed by atoms with Gasteiger partial charge in [-0.3, -0.25) is 13.6 Å². The maximum atomic E-state index is 13.0. The van der Waals surface area contributed by atoms with Crippen LogP contribution in [0.5, 0.6) is 0 Å². The van der Waals surface area contributed by atoms with Gasteiger partial charge in [0.2, 0.25) is 0 Å². The Morgan fingerprint density at radius 1 is 0.478 bits per heavy atom. The van der Waals surface area contributed by atoms with Crippen LogP contribution >= 0.6 is 68.9 Å². The molecule has 0 radical (unpaired) electrons. The second-order valence-corrected chi connectivity index (χ2v) is 17.4. The quantitative estimate of drug-likeness (QED) is 0.0327. The molecule has 0 atom stereocenters. The van der Waals surface area contributed by atoms with E-state index < -0.39 is 7.82 Å². The fourth-order valence-electron chi connectivity index (χ4n) is 5.69. The lowest BCUT2D eigenvalue weighted by Crippen LogP contribution is -2.04. The van der Waals surface area contributed by atoms with Gasteiger partial charge in [-0.15, -0.1) is 0 Å². The van der Waals surface area contributed by atoms with Crippen molar-refractivity contribution in [2.24, 2.45) is 0 Å². The van der Waals surface area contributed by atoms with Crippen LogP contribution in [0.15, 0.2) is 48.5 Å². The zero-order valence-corrected chi connectivity index (χ0v) is 35.0. The lowest BCUT2D eigenvalue weighted by Gasteiger charge is -2.17. The molecule has 0 bridgehead atoms. The minimum atomic E-state index is -3.47. The van der Waals surface area contributed by atoms with Crippen LogP contribution in [0.4, 0.5) is 0 Å². The molecule has 4 nitrogen and oxygen atoms in total. The topological polar surface area (TPSA) is 44.8 Å². The molecule has 0 spiro atoms. The molecule has 2 aromatic rings. The summed E-state index contributed by atoms with van der Waals surface area (Å²) in [5.41, 5.74) is 2.94. The maximum absolute atomic E-state index is 13.0. The van der Waals surface area contributed by atoms with E-state index in [0.29, 0.717) is 25.2 Å². The van der Waals surface area contributed by atoms with Gasteiger partial charge in [-0.1, -0.05) is 143 Å². The van der Waals surface area contributed by atoms with Crippen LogP contribution in [-0.4, -0.2) is 25.2 Å². The molecule has 8 heteroatoms. The van der Waals surface area contributed by atoms with Gasteiger partial charge in [-0.05, 0) is 119 Å². The highest BCUT2D eigenvalue weighted by molar-refractivity contribution is 14.1. The number of hydrogen-bond acceptors (Lipinski definition) is 4. The normalized spacial score (nSPS) is 11.8. The summed E-state index contributed by atoms with van der Waals surface area (Å²) in [6.07, 6.45) is 27.3. The van der Waals surface area contributed by atoms with Crippen molar-refractivity contribution in [1.82, 2.24) is 0 Å². The van der Waals surface area contributed by atoms with E-state index in [4.69, 9.17) is 13.6 Å². The first-order chi connectivity index (χ1) is 22.5. The zero-order valence-electron chi connectivity index (χ0n) is 28.2. The Morgan fingerprint density at radius 3 is 1.15 bits per heavy atom. The van der Waals surface area contributed by atoms with Gasteiger partial charge in [0.05, 0.1) is 19.8 Å². The third-order valence-corrected chi connectivity index (χ3v) is 11.5. The zero-order chi connectivity index (χ0) is 33.0. The summed E-state index contributed by atoms with van der Waals surface area (Å²) in [7, 11) is -3.47. The van der Waals surface area contributed by atoms with Crippen LogP contribution in [0.3, 0.4) is 0 Å². The van der Waals surface area contributed by atoms with Crippen molar-refractivity contribution in [3.63, 3.8) is 0 Å². The van der Waals surface area contributed by atoms with Gasteiger partial charge in [-0.25, -0.2) is 4.57 Å². The maximum Gasteiger partial charge on any atom is 0.474 e. The molecule has 0 aromatic heterocycles. The molecular formula is C38H60BrI2O4P. The summed E-state index contributed by atoms with van der Waals surface area (Å²) in [5.74, 6) is 0. The van der Waals surface area contributed by atoms with Crippen LogP contribution in [0.1, 0.15) is 140 Å². The predicted octanol–water partition coefficient (Wildman–Crippen LogP) is 14.0. The van der Waals surface area contributed by atoms with E-state index in [1.807, 2.05) is 0 Å². The first kappa shape index (κ1) is 42.7. The van der Waals surface area contributed by atoms with Crippen LogP contribution < -0.4 is 0 Å². The van der Waals surface area contributed by atoms with Crippen molar-refractivity contribution < 1.29 is 18.1 Å². The van der Waals surface area contributed by atoms with Crippen LogP contribution in [0, 0.1) is 7.14 Å². The predicted molar refractivity (Wildman–Crippen MR) is 217 cm³/mol. The van der Waals surface area contributed by atoms with Crippen LogP contribution in [0.25, 0.3) is 0 Å². The fourth-order valence-corrected chi connectivity index (χ4v) is 8.56. The number of alkyl halides is 1. The first-order valence-corrected chi connectivity index (χ1v) is 22.8. The minimum Gasteiger partial charge on any atom is -0.287 e. The highest BCUT2D eigenvalue weighted by Crippen LogP contribution is 2.49. The molecule has 0 fully saturated rings. The summed E-state index contributed by atoms with van der Waals surface area (Å²) in [5, 5.41) is 0.614. The Bertz CT molecular complexity index is 981. The van der Waals surface area contributed by atoms with Crippen molar-refractivity contribution in [2.45, 2.75) is 141 Å². The molecule has 2 rings (SSSR count). The third-order valence-electron chi connectivity index (χ3n) is 8.32.